The maximum Gasteiger partial charge on any atom is 0.0506 e. The van der Waals surface area contributed by atoms with Gasteiger partial charge in [0.05, 0.1) is 6.61 Å². The Labute approximate surface area is 116 Å². The fourth-order valence-corrected chi connectivity index (χ4v) is 2.65. The summed E-state index contributed by atoms with van der Waals surface area (Å²) in [4.78, 5) is 0. The smallest absolute Gasteiger partial charge is 0.0506 e. The van der Waals surface area contributed by atoms with Crippen LogP contribution in [0, 0.1) is 5.92 Å². The third-order valence-electron chi connectivity index (χ3n) is 3.01. The van der Waals surface area contributed by atoms with Crippen molar-refractivity contribution >= 4 is 27.5 Å². The SMILES string of the molecule is Clc1ccc(Br)cc1CNCC1CCCOC1. The van der Waals surface area contributed by atoms with E-state index in [1.165, 1.54) is 12.8 Å². The Morgan fingerprint density at radius 3 is 3.12 bits per heavy atom. The summed E-state index contributed by atoms with van der Waals surface area (Å²) in [6.45, 7) is 3.63. The highest BCUT2D eigenvalue weighted by atomic mass is 79.9. The zero-order valence-corrected chi connectivity index (χ0v) is 12.1. The fourth-order valence-electron chi connectivity index (χ4n) is 2.06. The predicted molar refractivity (Wildman–Crippen MR) is 74.4 cm³/mol. The molecule has 0 bridgehead atoms. The molecule has 0 amide bonds. The Hall–Kier alpha value is -0.0900. The van der Waals surface area contributed by atoms with Gasteiger partial charge in [-0.15, -0.1) is 0 Å². The summed E-state index contributed by atoms with van der Waals surface area (Å²) in [5.41, 5.74) is 1.14. The van der Waals surface area contributed by atoms with Gasteiger partial charge in [-0.2, -0.15) is 0 Å². The molecule has 1 aliphatic heterocycles. The van der Waals surface area contributed by atoms with Gasteiger partial charge in [0, 0.05) is 29.2 Å². The number of hydrogen-bond acceptors (Lipinski definition) is 2. The van der Waals surface area contributed by atoms with E-state index in [2.05, 4.69) is 27.3 Å². The van der Waals surface area contributed by atoms with Gasteiger partial charge in [-0.05, 0) is 42.5 Å². The Morgan fingerprint density at radius 1 is 1.47 bits per heavy atom. The maximum absolute atomic E-state index is 6.13. The van der Waals surface area contributed by atoms with Crippen molar-refractivity contribution in [1.82, 2.24) is 5.32 Å². The van der Waals surface area contributed by atoms with Crippen molar-refractivity contribution in [3.05, 3.63) is 33.3 Å². The zero-order chi connectivity index (χ0) is 12.1. The van der Waals surface area contributed by atoms with Crippen LogP contribution in [0.2, 0.25) is 5.02 Å². The van der Waals surface area contributed by atoms with Crippen molar-refractivity contribution in [2.24, 2.45) is 5.92 Å². The van der Waals surface area contributed by atoms with E-state index in [1.807, 2.05) is 12.1 Å². The Balaban J connectivity index is 1.79. The predicted octanol–water partition coefficient (Wildman–Crippen LogP) is 3.62. The first kappa shape index (κ1) is 13.3. The molecule has 0 aliphatic carbocycles. The minimum absolute atomic E-state index is 0.648. The van der Waals surface area contributed by atoms with Gasteiger partial charge in [0.25, 0.3) is 0 Å². The van der Waals surface area contributed by atoms with E-state index in [1.54, 1.807) is 0 Å². The number of nitrogens with one attached hydrogen (secondary N) is 1. The molecule has 0 spiro atoms. The summed E-state index contributed by atoms with van der Waals surface area (Å²) >= 11 is 9.59. The van der Waals surface area contributed by atoms with Crippen LogP contribution in [0.3, 0.4) is 0 Å². The molecular weight excluding hydrogens is 302 g/mol. The molecule has 4 heteroatoms. The van der Waals surface area contributed by atoms with E-state index < -0.39 is 0 Å². The third-order valence-corrected chi connectivity index (χ3v) is 3.87. The topological polar surface area (TPSA) is 21.3 Å². The maximum atomic E-state index is 6.13. The zero-order valence-electron chi connectivity index (χ0n) is 9.72. The Kier molecular flexibility index (Phi) is 5.29. The summed E-state index contributed by atoms with van der Waals surface area (Å²) in [6.07, 6.45) is 2.45. The third kappa shape index (κ3) is 4.25. The van der Waals surface area contributed by atoms with Crippen LogP contribution < -0.4 is 5.32 Å². The van der Waals surface area contributed by atoms with Crippen molar-refractivity contribution in [2.45, 2.75) is 19.4 Å². The van der Waals surface area contributed by atoms with Crippen molar-refractivity contribution in [3.63, 3.8) is 0 Å². The van der Waals surface area contributed by atoms with Crippen LogP contribution >= 0.6 is 27.5 Å². The van der Waals surface area contributed by atoms with Crippen LogP contribution in [0.1, 0.15) is 18.4 Å². The highest BCUT2D eigenvalue weighted by Crippen LogP contribution is 2.21. The lowest BCUT2D eigenvalue weighted by Gasteiger charge is -2.22. The average Bonchev–Trinajstić information content (AvgIpc) is 2.35. The molecule has 1 heterocycles. The van der Waals surface area contributed by atoms with Crippen LogP contribution in [0.4, 0.5) is 0 Å². The van der Waals surface area contributed by atoms with Crippen LogP contribution in [0.5, 0.6) is 0 Å². The molecule has 2 nitrogen and oxygen atoms in total. The molecule has 17 heavy (non-hydrogen) atoms. The molecular formula is C13H17BrClNO. The van der Waals surface area contributed by atoms with E-state index in [9.17, 15) is 0 Å². The molecule has 1 aromatic carbocycles. The van der Waals surface area contributed by atoms with Gasteiger partial charge >= 0.3 is 0 Å². The van der Waals surface area contributed by atoms with Gasteiger partial charge in [-0.25, -0.2) is 0 Å². The standard InChI is InChI=1S/C13H17BrClNO/c14-12-3-4-13(15)11(6-12)8-16-7-10-2-1-5-17-9-10/h3-4,6,10,16H,1-2,5,7-9H2. The molecule has 1 aromatic rings. The number of benzene rings is 1. The highest BCUT2D eigenvalue weighted by molar-refractivity contribution is 9.10. The minimum Gasteiger partial charge on any atom is -0.381 e. The summed E-state index contributed by atoms with van der Waals surface area (Å²) < 4.78 is 6.52. The van der Waals surface area contributed by atoms with Crippen molar-refractivity contribution in [2.75, 3.05) is 19.8 Å². The number of rotatable bonds is 4. The highest BCUT2D eigenvalue weighted by Gasteiger charge is 2.13. The summed E-state index contributed by atoms with van der Waals surface area (Å²) in [7, 11) is 0. The molecule has 1 saturated heterocycles. The summed E-state index contributed by atoms with van der Waals surface area (Å²) in [6, 6.07) is 5.94. The van der Waals surface area contributed by atoms with Crippen LogP contribution in [0.15, 0.2) is 22.7 Å². The lowest BCUT2D eigenvalue weighted by Crippen LogP contribution is -2.28. The largest absolute Gasteiger partial charge is 0.381 e. The van der Waals surface area contributed by atoms with E-state index >= 15 is 0 Å². The number of ether oxygens (including phenoxy) is 1. The van der Waals surface area contributed by atoms with Gasteiger partial charge in [0.2, 0.25) is 0 Å². The van der Waals surface area contributed by atoms with Crippen LogP contribution in [-0.4, -0.2) is 19.8 Å². The first-order valence-electron chi connectivity index (χ1n) is 5.98. The first-order chi connectivity index (χ1) is 8.25. The first-order valence-corrected chi connectivity index (χ1v) is 7.15. The minimum atomic E-state index is 0.648. The van der Waals surface area contributed by atoms with Crippen LogP contribution in [-0.2, 0) is 11.3 Å². The molecule has 0 radical (unpaired) electrons. The second kappa shape index (κ2) is 6.74. The number of hydrogen-bond donors (Lipinski definition) is 1. The van der Waals surface area contributed by atoms with Gasteiger partial charge in [0.15, 0.2) is 0 Å². The van der Waals surface area contributed by atoms with Crippen LogP contribution in [0.25, 0.3) is 0 Å². The van der Waals surface area contributed by atoms with Crippen molar-refractivity contribution in [3.8, 4) is 0 Å². The lowest BCUT2D eigenvalue weighted by molar-refractivity contribution is 0.0547. The molecule has 0 aromatic heterocycles. The van der Waals surface area contributed by atoms with Gasteiger partial charge in [-0.3, -0.25) is 0 Å². The molecule has 1 fully saturated rings. The van der Waals surface area contributed by atoms with Crippen molar-refractivity contribution in [1.29, 1.82) is 0 Å². The quantitative estimate of drug-likeness (QED) is 0.915. The molecule has 0 saturated carbocycles. The molecule has 1 atom stereocenters. The van der Waals surface area contributed by atoms with E-state index in [-0.39, 0.29) is 0 Å². The molecule has 2 rings (SSSR count). The van der Waals surface area contributed by atoms with Gasteiger partial charge < -0.3 is 10.1 Å². The molecule has 1 unspecified atom stereocenters. The van der Waals surface area contributed by atoms with E-state index in [0.717, 1.165) is 41.4 Å². The fraction of sp³-hybridized carbons (Fsp3) is 0.538. The second-order valence-electron chi connectivity index (χ2n) is 4.45. The molecule has 94 valence electrons. The monoisotopic (exact) mass is 317 g/mol. The average molecular weight is 319 g/mol. The second-order valence-corrected chi connectivity index (χ2v) is 5.77. The normalized spacial score (nSPS) is 20.5. The summed E-state index contributed by atoms with van der Waals surface area (Å²) in [5.74, 6) is 0.648. The van der Waals surface area contributed by atoms with Crippen molar-refractivity contribution < 1.29 is 4.74 Å². The van der Waals surface area contributed by atoms with Gasteiger partial charge in [0.1, 0.15) is 0 Å². The Bertz CT molecular complexity index is 366. The van der Waals surface area contributed by atoms with Gasteiger partial charge in [-0.1, -0.05) is 27.5 Å². The van der Waals surface area contributed by atoms with E-state index in [0.29, 0.717) is 5.92 Å². The molecule has 1 N–H and O–H groups in total. The molecule has 1 aliphatic rings. The summed E-state index contributed by atoms with van der Waals surface area (Å²) in [5, 5.41) is 4.27. The van der Waals surface area contributed by atoms with E-state index in [4.69, 9.17) is 16.3 Å². The lowest BCUT2D eigenvalue weighted by atomic mass is 10.0. The number of halogens is 2. The Morgan fingerprint density at radius 2 is 2.35 bits per heavy atom.